The van der Waals surface area contributed by atoms with E-state index in [2.05, 4.69) is 50.0 Å². The van der Waals surface area contributed by atoms with Crippen molar-refractivity contribution in [3.05, 3.63) is 119 Å². The molecule has 0 spiro atoms. The Kier molecular flexibility index (Phi) is 10.6. The number of carbonyl (C=O) groups excluding carboxylic acids is 3. The van der Waals surface area contributed by atoms with Crippen molar-refractivity contribution >= 4 is 34.3 Å². The van der Waals surface area contributed by atoms with E-state index >= 15 is 0 Å². The Morgan fingerprint density at radius 1 is 0.873 bits per heavy atom. The van der Waals surface area contributed by atoms with Crippen LogP contribution in [0.2, 0.25) is 0 Å². The van der Waals surface area contributed by atoms with E-state index in [1.165, 1.54) is 50.0 Å². The van der Waals surface area contributed by atoms with E-state index in [4.69, 9.17) is 18.9 Å². The molecule has 7 rings (SSSR count). The van der Waals surface area contributed by atoms with E-state index in [1.54, 1.807) is 35.7 Å². The molecule has 6 aromatic rings. The molecular formula is C41H38N6O7S. The number of fused-ring (bicyclic) bond motifs is 3. The van der Waals surface area contributed by atoms with Crippen molar-refractivity contribution in [3.63, 3.8) is 0 Å². The Morgan fingerprint density at radius 2 is 1.55 bits per heavy atom. The second kappa shape index (κ2) is 15.8. The average Bonchev–Trinajstić information content (AvgIpc) is 3.98. The molecule has 1 aliphatic rings. The van der Waals surface area contributed by atoms with E-state index < -0.39 is 18.0 Å². The summed E-state index contributed by atoms with van der Waals surface area (Å²) in [4.78, 5) is 49.3. The molecule has 0 unspecified atom stereocenters. The highest BCUT2D eigenvalue weighted by Crippen LogP contribution is 2.44. The molecule has 2 amide bonds. The van der Waals surface area contributed by atoms with Crippen molar-refractivity contribution in [3.8, 4) is 45.3 Å². The number of anilines is 1. The second-order valence-electron chi connectivity index (χ2n) is 13.0. The summed E-state index contributed by atoms with van der Waals surface area (Å²) in [5.41, 5.74) is 6.79. The number of methoxy groups -OCH3 is 3. The van der Waals surface area contributed by atoms with Crippen molar-refractivity contribution in [2.75, 3.05) is 33.3 Å². The molecule has 55 heavy (non-hydrogen) atoms. The molecule has 14 heteroatoms. The predicted octanol–water partition coefficient (Wildman–Crippen LogP) is 7.15. The maximum atomic E-state index is 14.0. The van der Waals surface area contributed by atoms with Gasteiger partial charge in [-0.15, -0.1) is 11.3 Å². The number of carbonyl (C=O) groups is 3. The van der Waals surface area contributed by atoms with E-state index in [0.29, 0.717) is 50.5 Å². The van der Waals surface area contributed by atoms with Gasteiger partial charge in [-0.25, -0.2) is 19.4 Å². The number of benzene rings is 4. The molecule has 2 heterocycles. The maximum Gasteiger partial charge on any atom is 0.407 e. The lowest BCUT2D eigenvalue weighted by Crippen LogP contribution is -2.47. The van der Waals surface area contributed by atoms with Crippen LogP contribution in [0.25, 0.3) is 28.1 Å². The van der Waals surface area contributed by atoms with Crippen LogP contribution in [-0.4, -0.2) is 71.5 Å². The van der Waals surface area contributed by atoms with Crippen molar-refractivity contribution in [2.45, 2.75) is 25.8 Å². The van der Waals surface area contributed by atoms with Crippen LogP contribution in [0.1, 0.15) is 46.8 Å². The van der Waals surface area contributed by atoms with E-state index in [0.717, 1.165) is 22.3 Å². The number of hydrogen-bond acceptors (Lipinski definition) is 11. The van der Waals surface area contributed by atoms with Gasteiger partial charge in [0.1, 0.15) is 25.3 Å². The summed E-state index contributed by atoms with van der Waals surface area (Å²) in [5.74, 6) is -0.0488. The lowest BCUT2D eigenvalue weighted by Gasteiger charge is -2.21. The third-order valence-electron chi connectivity index (χ3n) is 9.43. The third kappa shape index (κ3) is 7.36. The van der Waals surface area contributed by atoms with Gasteiger partial charge in [0.15, 0.2) is 22.4 Å². The van der Waals surface area contributed by atoms with Gasteiger partial charge in [-0.1, -0.05) is 68.4 Å². The van der Waals surface area contributed by atoms with E-state index in [9.17, 15) is 14.4 Å². The van der Waals surface area contributed by atoms with Crippen LogP contribution in [0, 0.1) is 5.92 Å². The summed E-state index contributed by atoms with van der Waals surface area (Å²) in [5, 5.41) is 12.0. The number of aromatic nitrogens is 4. The summed E-state index contributed by atoms with van der Waals surface area (Å²) in [6.45, 7) is 3.81. The summed E-state index contributed by atoms with van der Waals surface area (Å²) >= 11 is 1.23. The smallest absolute Gasteiger partial charge is 0.407 e. The molecule has 2 aromatic heterocycles. The van der Waals surface area contributed by atoms with Crippen LogP contribution in [0.4, 0.5) is 9.93 Å². The minimum Gasteiger partial charge on any atom is -0.493 e. The fourth-order valence-corrected chi connectivity index (χ4v) is 7.44. The number of nitrogens with one attached hydrogen (secondary N) is 2. The van der Waals surface area contributed by atoms with Gasteiger partial charge in [0.25, 0.3) is 0 Å². The minimum absolute atomic E-state index is 0.107. The molecule has 4 aromatic carbocycles. The van der Waals surface area contributed by atoms with E-state index in [-0.39, 0.29) is 24.2 Å². The zero-order valence-electron chi connectivity index (χ0n) is 30.7. The zero-order chi connectivity index (χ0) is 38.6. The molecule has 0 radical (unpaired) electrons. The number of nitrogens with zero attached hydrogens (tertiary/aromatic N) is 4. The van der Waals surface area contributed by atoms with Crippen LogP contribution >= 0.6 is 11.3 Å². The van der Waals surface area contributed by atoms with Gasteiger partial charge in [-0.2, -0.15) is 5.10 Å². The number of hydrogen-bond donors (Lipinski definition) is 2. The van der Waals surface area contributed by atoms with Crippen LogP contribution < -0.4 is 24.8 Å². The highest BCUT2D eigenvalue weighted by molar-refractivity contribution is 7.14. The third-order valence-corrected chi connectivity index (χ3v) is 10.2. The molecule has 0 bridgehead atoms. The minimum atomic E-state index is -0.887. The number of ether oxygens (including phenoxy) is 4. The van der Waals surface area contributed by atoms with Crippen molar-refractivity contribution in [1.29, 1.82) is 0 Å². The van der Waals surface area contributed by atoms with Crippen LogP contribution in [0.5, 0.6) is 17.2 Å². The molecular weight excluding hydrogens is 721 g/mol. The summed E-state index contributed by atoms with van der Waals surface area (Å²) in [6, 6.07) is 23.7. The lowest BCUT2D eigenvalue weighted by molar-refractivity contribution is -0.119. The topological polar surface area (TPSA) is 156 Å². The Balaban J connectivity index is 1.06. The van der Waals surface area contributed by atoms with Crippen LogP contribution in [0.15, 0.2) is 96.9 Å². The molecule has 2 N–H and O–H groups in total. The van der Waals surface area contributed by atoms with Gasteiger partial charge >= 0.3 is 6.09 Å². The quantitative estimate of drug-likeness (QED) is 0.116. The van der Waals surface area contributed by atoms with E-state index in [1.807, 2.05) is 38.1 Å². The summed E-state index contributed by atoms with van der Waals surface area (Å²) in [7, 11) is 4.46. The molecule has 1 aliphatic carbocycles. The van der Waals surface area contributed by atoms with Gasteiger partial charge < -0.3 is 29.6 Å². The average molecular weight is 759 g/mol. The molecule has 0 fully saturated rings. The van der Waals surface area contributed by atoms with Gasteiger partial charge in [0, 0.05) is 28.0 Å². The fraction of sp³-hybridized carbons (Fsp3) is 0.220. The SMILES string of the molecule is COc1cc(C(=O)c2ccc(-c3csc(NC(=O)[C@@H](NC(=O)OCC4c5ccccc5-c5ccccc54)C(C)C)n3)cc2-n2cncn2)cc(OC)c1OC. The number of amides is 2. The predicted molar refractivity (Wildman–Crippen MR) is 207 cm³/mol. The largest absolute Gasteiger partial charge is 0.493 e. The number of alkyl carbamates (subject to hydrolysis) is 1. The first-order chi connectivity index (χ1) is 26.7. The zero-order valence-corrected chi connectivity index (χ0v) is 31.5. The lowest BCUT2D eigenvalue weighted by atomic mass is 9.98. The van der Waals surface area contributed by atoms with Crippen molar-refractivity contribution in [1.82, 2.24) is 25.1 Å². The normalized spacial score (nSPS) is 12.4. The maximum absolute atomic E-state index is 14.0. The number of thiazole rings is 1. The first-order valence-corrected chi connectivity index (χ1v) is 18.3. The molecule has 1 atom stereocenters. The fourth-order valence-electron chi connectivity index (χ4n) is 6.72. The van der Waals surface area contributed by atoms with Crippen LogP contribution in [0.3, 0.4) is 0 Å². The summed E-state index contributed by atoms with van der Waals surface area (Å²) in [6.07, 6.45) is 2.18. The first kappa shape index (κ1) is 36.8. The van der Waals surface area contributed by atoms with Gasteiger partial charge in [0.05, 0.1) is 32.7 Å². The van der Waals surface area contributed by atoms with Gasteiger partial charge in [-0.05, 0) is 52.4 Å². The highest BCUT2D eigenvalue weighted by atomic mass is 32.1. The van der Waals surface area contributed by atoms with Gasteiger partial charge in [0.2, 0.25) is 11.7 Å². The molecule has 0 aliphatic heterocycles. The Hall–Kier alpha value is -6.54. The second-order valence-corrected chi connectivity index (χ2v) is 13.9. The molecule has 0 saturated carbocycles. The van der Waals surface area contributed by atoms with Gasteiger partial charge in [-0.3, -0.25) is 9.59 Å². The number of ketones is 1. The molecule has 0 saturated heterocycles. The number of rotatable bonds is 13. The van der Waals surface area contributed by atoms with Crippen LogP contribution in [-0.2, 0) is 9.53 Å². The summed E-state index contributed by atoms with van der Waals surface area (Å²) < 4.78 is 23.6. The monoisotopic (exact) mass is 758 g/mol. The highest BCUT2D eigenvalue weighted by Gasteiger charge is 2.31. The van der Waals surface area contributed by atoms with Crippen molar-refractivity contribution < 1.29 is 33.3 Å². The molecule has 13 nitrogen and oxygen atoms in total. The Bertz CT molecular complexity index is 2300. The Morgan fingerprint density at radius 3 is 2.15 bits per heavy atom. The standard InChI is InChI=1S/C41H38N6O7S/c1-23(2)36(45-41(50)54-19-31-28-12-8-6-10-26(28)27-11-7-9-13-29(27)31)39(49)46-40-44-32(20-55-40)24-14-15-30(33(16-24)47-22-42-21-43-47)37(48)25-17-34(51-3)38(53-5)35(18-25)52-4/h6-18,20-23,31,36H,19H2,1-5H3,(H,45,50)(H,44,46,49)/t36-/m0/s1. The molecule has 280 valence electrons. The Labute approximate surface area is 321 Å². The van der Waals surface area contributed by atoms with Crippen molar-refractivity contribution in [2.24, 2.45) is 5.92 Å². The first-order valence-electron chi connectivity index (χ1n) is 17.4.